The van der Waals surface area contributed by atoms with Crippen LogP contribution in [0.15, 0.2) is 78.9 Å². The van der Waals surface area contributed by atoms with E-state index in [1.165, 1.54) is 13.8 Å². The van der Waals surface area contributed by atoms with Gasteiger partial charge in [-0.3, -0.25) is 24.0 Å². The molecule has 25 nitrogen and oxygen atoms in total. The minimum absolute atomic E-state index is 0.131. The monoisotopic (exact) mass is 1190 g/mol. The lowest BCUT2D eigenvalue weighted by atomic mass is 9.98. The van der Waals surface area contributed by atoms with Gasteiger partial charge in [0.05, 0.1) is 0 Å². The Balaban J connectivity index is 1.33. The molecule has 1 saturated heterocycles. The van der Waals surface area contributed by atoms with Crippen LogP contribution in [0.1, 0.15) is 84.9 Å². The Kier molecular flexibility index (Phi) is 24.4. The molecule has 450 valence electrons. The van der Waals surface area contributed by atoms with Crippen LogP contribution >= 0.6 is 21.6 Å². The largest absolute Gasteiger partial charge is 0.480 e. The molecule has 8 amide bonds. The van der Waals surface area contributed by atoms with E-state index < -0.39 is 145 Å². The lowest BCUT2D eigenvalue weighted by Gasteiger charge is -2.28. The summed E-state index contributed by atoms with van der Waals surface area (Å²) in [5.41, 5.74) is 3.49. The summed E-state index contributed by atoms with van der Waals surface area (Å²) in [6.07, 6.45) is -3.13. The number of amides is 8. The van der Waals surface area contributed by atoms with E-state index >= 15 is 0 Å². The van der Waals surface area contributed by atoms with E-state index in [0.29, 0.717) is 5.56 Å². The minimum Gasteiger partial charge on any atom is -0.480 e. The molecule has 27 heteroatoms. The molecule has 1 heterocycles. The van der Waals surface area contributed by atoms with Crippen molar-refractivity contribution in [1.29, 1.82) is 0 Å². The average molecular weight is 1190 g/mol. The third-order valence-electron chi connectivity index (χ3n) is 12.7. The third-order valence-corrected chi connectivity index (χ3v) is 15.1. The van der Waals surface area contributed by atoms with Crippen LogP contribution in [0, 0.1) is 11.8 Å². The van der Waals surface area contributed by atoms with Gasteiger partial charge >= 0.3 is 36.2 Å². The van der Waals surface area contributed by atoms with Gasteiger partial charge < -0.3 is 71.3 Å². The molecule has 1 fully saturated rings. The molecule has 0 bridgehead atoms. The van der Waals surface area contributed by atoms with Crippen LogP contribution in [0.2, 0.25) is 0 Å². The Morgan fingerprint density at radius 1 is 0.687 bits per heavy atom. The van der Waals surface area contributed by atoms with Crippen LogP contribution in [-0.2, 0) is 68.6 Å². The summed E-state index contributed by atoms with van der Waals surface area (Å²) in [6.45, 7) is 11.7. The topological polar surface area (TPSA) is 350 Å². The first-order valence-electron chi connectivity index (χ1n) is 26.6. The number of hydrogen-bond donors (Lipinski definition) is 9. The van der Waals surface area contributed by atoms with E-state index in [-0.39, 0.29) is 30.6 Å². The van der Waals surface area contributed by atoms with Crippen LogP contribution < -0.4 is 42.5 Å². The molecule has 2 aliphatic rings. The highest BCUT2D eigenvalue weighted by molar-refractivity contribution is 8.76. The van der Waals surface area contributed by atoms with E-state index in [1.807, 2.05) is 48.5 Å². The Labute approximate surface area is 488 Å². The number of fused-ring (bicyclic) bond motifs is 3. The summed E-state index contributed by atoms with van der Waals surface area (Å²) in [5, 5.41) is 29.6. The van der Waals surface area contributed by atoms with Crippen molar-refractivity contribution in [2.45, 2.75) is 129 Å². The van der Waals surface area contributed by atoms with Crippen molar-refractivity contribution in [3.05, 3.63) is 95.6 Å². The average Bonchev–Trinajstić information content (AvgIpc) is 2.62. The molecule has 83 heavy (non-hydrogen) atoms. The zero-order valence-electron chi connectivity index (χ0n) is 47.4. The summed E-state index contributed by atoms with van der Waals surface area (Å²) >= 11 is 0. The van der Waals surface area contributed by atoms with Crippen LogP contribution in [0.4, 0.5) is 14.4 Å². The molecule has 0 unspecified atom stereocenters. The molecule has 0 aromatic heterocycles. The van der Waals surface area contributed by atoms with Crippen molar-refractivity contribution in [3.63, 3.8) is 0 Å². The van der Waals surface area contributed by atoms with Gasteiger partial charge in [-0.25, -0.2) is 28.8 Å². The second-order valence-electron chi connectivity index (χ2n) is 21.1. The zero-order chi connectivity index (χ0) is 61.1. The highest BCUT2D eigenvalue weighted by Gasteiger charge is 2.37. The maximum absolute atomic E-state index is 14.3. The van der Waals surface area contributed by atoms with Gasteiger partial charge in [-0.05, 0) is 74.3 Å². The van der Waals surface area contributed by atoms with Crippen molar-refractivity contribution in [3.8, 4) is 11.1 Å². The summed E-state index contributed by atoms with van der Waals surface area (Å²) in [5.74, 6) is -10.6. The number of carbonyl (C=O) groups is 11. The molecular formula is C56H72N8O17S2. The lowest BCUT2D eigenvalue weighted by molar-refractivity contribution is -0.153. The number of carboxylic acids is 1. The molecule has 1 aliphatic heterocycles. The third kappa shape index (κ3) is 20.1. The molecule has 9 N–H and O–H groups in total. The first-order chi connectivity index (χ1) is 39.2. The predicted molar refractivity (Wildman–Crippen MR) is 304 cm³/mol. The molecule has 3 aromatic carbocycles. The number of carboxylic acid groups (broad SMARTS) is 1. The highest BCUT2D eigenvalue weighted by atomic mass is 33.1. The van der Waals surface area contributed by atoms with Crippen LogP contribution in [0.5, 0.6) is 0 Å². The van der Waals surface area contributed by atoms with Gasteiger partial charge in [0.25, 0.3) is 0 Å². The van der Waals surface area contributed by atoms with Gasteiger partial charge in [0.15, 0.2) is 6.04 Å². The summed E-state index contributed by atoms with van der Waals surface area (Å²) in [4.78, 5) is 148. The number of rotatable bonds is 17. The molecule has 0 saturated carbocycles. The summed E-state index contributed by atoms with van der Waals surface area (Å²) < 4.78 is 26.9. The number of benzene rings is 3. The first-order valence-corrected chi connectivity index (χ1v) is 29.1. The SMILES string of the molecule is CC(C)[C@@H]1NC(=O)[C@@H](NC(=O)[C@H](C)NC(=O)OC(C)(C)C)CSSC[C@@H](C(=O)N[C@H](C(=O)OC[C@@H](NC(=O)OCC2c3ccccc3-c3ccccc32)C(=O)O)C(C)C)NC(=O)[C@H](C)NC(=O)[C@H](NC(=O)OCc2ccccc2)COC1=O. The minimum atomic E-state index is -1.79. The Morgan fingerprint density at radius 3 is 1.89 bits per heavy atom. The van der Waals surface area contributed by atoms with E-state index in [2.05, 4.69) is 42.5 Å². The number of ether oxygens (including phenoxy) is 5. The zero-order valence-corrected chi connectivity index (χ0v) is 49.0. The van der Waals surface area contributed by atoms with E-state index in [0.717, 1.165) is 43.8 Å². The van der Waals surface area contributed by atoms with Gasteiger partial charge in [0.2, 0.25) is 29.5 Å². The van der Waals surface area contributed by atoms with Crippen molar-refractivity contribution in [2.75, 3.05) is 31.3 Å². The number of esters is 2. The molecule has 1 aliphatic carbocycles. The lowest BCUT2D eigenvalue weighted by Crippen LogP contribution is -2.59. The fourth-order valence-electron chi connectivity index (χ4n) is 8.18. The molecular weight excluding hydrogens is 1120 g/mol. The Morgan fingerprint density at radius 2 is 1.29 bits per heavy atom. The highest BCUT2D eigenvalue weighted by Crippen LogP contribution is 2.44. The fourth-order valence-corrected chi connectivity index (χ4v) is 10.5. The standard InChI is InChI=1S/C56H72N8O17S2/c1-29(2)43-51(72)77-25-39(61-53(74)79-23-33-17-11-10-12-18-33)47(67)57-31(5)45(65)59-41(27-82-83-28-42(49(69)63-43)60-46(66)32(6)58-55(76)81-56(7,8)9)48(68)64-44(30(3)4)52(73)78-26-40(50(70)71)62-54(75)80-24-38-36-21-15-13-19-34(36)35-20-14-16-22-37(35)38/h10-22,29-32,38-44H,23-28H2,1-9H3,(H,57,67)(H,58,76)(H,59,65)(H,60,66)(H,61,74)(H,62,75)(H,63,69)(H,64,68)(H,70,71)/t31-,32-,39+,40+,41-,42-,43-,44-/m0/s1. The maximum Gasteiger partial charge on any atom is 0.408 e. The fraction of sp³-hybridized carbons (Fsp3) is 0.482. The van der Waals surface area contributed by atoms with Gasteiger partial charge in [0, 0.05) is 17.4 Å². The van der Waals surface area contributed by atoms with Crippen molar-refractivity contribution in [1.82, 2.24) is 42.5 Å². The molecule has 5 rings (SSSR count). The smallest absolute Gasteiger partial charge is 0.408 e. The van der Waals surface area contributed by atoms with Gasteiger partial charge in [-0.15, -0.1) is 0 Å². The number of cyclic esters (lactones) is 1. The van der Waals surface area contributed by atoms with Crippen LogP contribution in [-0.4, -0.2) is 156 Å². The molecule has 8 atom stereocenters. The number of alkyl carbamates (subject to hydrolysis) is 3. The Hall–Kier alpha value is -8.07. The summed E-state index contributed by atoms with van der Waals surface area (Å²) in [6, 6.07) is 11.8. The molecule has 0 spiro atoms. The van der Waals surface area contributed by atoms with Crippen LogP contribution in [0.3, 0.4) is 0 Å². The number of carbonyl (C=O) groups excluding carboxylic acids is 10. The Bertz CT molecular complexity index is 2790. The van der Waals surface area contributed by atoms with Gasteiger partial charge in [-0.2, -0.15) is 0 Å². The molecule has 3 aromatic rings. The van der Waals surface area contributed by atoms with E-state index in [9.17, 15) is 57.8 Å². The number of nitrogens with one attached hydrogen (secondary N) is 8. The normalized spacial score (nSPS) is 20.1. The summed E-state index contributed by atoms with van der Waals surface area (Å²) in [7, 11) is 1.88. The van der Waals surface area contributed by atoms with Crippen molar-refractivity contribution in [2.24, 2.45) is 11.8 Å². The number of hydrogen-bond acceptors (Lipinski definition) is 18. The van der Waals surface area contributed by atoms with E-state index in [1.54, 1.807) is 78.8 Å². The first kappa shape index (κ1) is 65.7. The quantitative estimate of drug-likeness (QED) is 0.0531. The second-order valence-corrected chi connectivity index (χ2v) is 23.7. The molecule has 0 radical (unpaired) electrons. The van der Waals surface area contributed by atoms with Gasteiger partial charge in [-0.1, -0.05) is 128 Å². The second kappa shape index (κ2) is 30.8. The number of aliphatic carboxylic acids is 1. The predicted octanol–water partition coefficient (Wildman–Crippen LogP) is 3.42. The van der Waals surface area contributed by atoms with Crippen molar-refractivity contribution >= 4 is 87.3 Å². The van der Waals surface area contributed by atoms with Crippen molar-refractivity contribution < 1.29 is 81.5 Å². The van der Waals surface area contributed by atoms with Gasteiger partial charge in [0.1, 0.15) is 74.3 Å². The van der Waals surface area contributed by atoms with E-state index in [4.69, 9.17) is 23.7 Å². The van der Waals surface area contributed by atoms with Crippen LogP contribution in [0.25, 0.3) is 11.1 Å². The maximum atomic E-state index is 14.3.